The molecule has 2 N–H and O–H groups in total. The third-order valence-electron chi connectivity index (χ3n) is 4.17. The van der Waals surface area contributed by atoms with Crippen molar-refractivity contribution in [3.05, 3.63) is 41.3 Å². The molecule has 0 spiro atoms. The zero-order valence-electron chi connectivity index (χ0n) is 15.7. The number of carbonyl (C=O) groups is 1. The fraction of sp³-hybridized carbons (Fsp3) is 0.579. The molecular formula is C19H30N4O2. The molecule has 0 atom stereocenters. The Hall–Kier alpha value is -2.08. The summed E-state index contributed by atoms with van der Waals surface area (Å²) in [6, 6.07) is 1.95. The summed E-state index contributed by atoms with van der Waals surface area (Å²) in [5, 5.41) is 9.94. The highest BCUT2D eigenvalue weighted by molar-refractivity contribution is 5.75. The van der Waals surface area contributed by atoms with Gasteiger partial charge in [0.15, 0.2) is 0 Å². The van der Waals surface area contributed by atoms with E-state index in [0.717, 1.165) is 24.1 Å². The summed E-state index contributed by atoms with van der Waals surface area (Å²) in [6.07, 6.45) is 8.21. The lowest BCUT2D eigenvalue weighted by Gasteiger charge is -2.39. The van der Waals surface area contributed by atoms with Crippen molar-refractivity contribution in [2.45, 2.75) is 52.7 Å². The van der Waals surface area contributed by atoms with Crippen LogP contribution in [0.1, 0.15) is 39.8 Å². The van der Waals surface area contributed by atoms with Crippen LogP contribution in [0.3, 0.4) is 0 Å². The van der Waals surface area contributed by atoms with Gasteiger partial charge in [0.2, 0.25) is 0 Å². The maximum Gasteiger partial charge on any atom is 0.317 e. The van der Waals surface area contributed by atoms with Crippen LogP contribution in [0.15, 0.2) is 35.6 Å². The van der Waals surface area contributed by atoms with Gasteiger partial charge in [-0.25, -0.2) is 4.79 Å². The number of H-pyrrole nitrogens is 1. The van der Waals surface area contributed by atoms with Gasteiger partial charge in [0.25, 0.3) is 0 Å². The molecular weight excluding hydrogens is 316 g/mol. The highest BCUT2D eigenvalue weighted by Gasteiger charge is 2.31. The van der Waals surface area contributed by atoms with Crippen molar-refractivity contribution < 1.29 is 9.53 Å². The molecule has 0 radical (unpaired) electrons. The Labute approximate surface area is 150 Å². The molecule has 0 aliphatic carbocycles. The molecule has 2 amide bonds. The molecule has 1 aliphatic rings. The minimum absolute atomic E-state index is 0.0213. The molecule has 6 nitrogen and oxygen atoms in total. The van der Waals surface area contributed by atoms with E-state index in [0.29, 0.717) is 19.6 Å². The zero-order valence-corrected chi connectivity index (χ0v) is 15.7. The van der Waals surface area contributed by atoms with Crippen LogP contribution < -0.4 is 5.32 Å². The first-order chi connectivity index (χ1) is 12.0. The van der Waals surface area contributed by atoms with Crippen molar-refractivity contribution in [1.82, 2.24) is 20.4 Å². The average Bonchev–Trinajstić information content (AvgIpc) is 3.05. The lowest BCUT2D eigenvalue weighted by atomic mass is 10.0. The van der Waals surface area contributed by atoms with Crippen LogP contribution in [0, 0.1) is 0 Å². The van der Waals surface area contributed by atoms with Gasteiger partial charge in [-0.05, 0) is 38.8 Å². The molecule has 0 bridgehead atoms. The van der Waals surface area contributed by atoms with Crippen LogP contribution >= 0.6 is 0 Å². The topological polar surface area (TPSA) is 70.2 Å². The van der Waals surface area contributed by atoms with Gasteiger partial charge in [0.05, 0.1) is 25.3 Å². The van der Waals surface area contributed by atoms with E-state index in [1.807, 2.05) is 19.9 Å². The fourth-order valence-electron chi connectivity index (χ4n) is 2.77. The van der Waals surface area contributed by atoms with Crippen LogP contribution in [0.5, 0.6) is 0 Å². The van der Waals surface area contributed by atoms with Gasteiger partial charge in [-0.2, -0.15) is 5.10 Å². The molecule has 1 aliphatic heterocycles. The first-order valence-electron chi connectivity index (χ1n) is 9.02. The lowest BCUT2D eigenvalue weighted by molar-refractivity contribution is -0.0640. The number of urea groups is 1. The van der Waals surface area contributed by atoms with Crippen LogP contribution in [-0.2, 0) is 11.2 Å². The van der Waals surface area contributed by atoms with E-state index in [2.05, 4.69) is 41.5 Å². The molecule has 1 saturated heterocycles. The van der Waals surface area contributed by atoms with Gasteiger partial charge in [-0.15, -0.1) is 0 Å². The summed E-state index contributed by atoms with van der Waals surface area (Å²) in [6.45, 7) is 10.1. The van der Waals surface area contributed by atoms with Gasteiger partial charge < -0.3 is 15.0 Å². The first-order valence-corrected chi connectivity index (χ1v) is 9.02. The summed E-state index contributed by atoms with van der Waals surface area (Å²) in [7, 11) is 0. The Morgan fingerprint density at radius 1 is 1.48 bits per heavy atom. The first kappa shape index (κ1) is 19.2. The Morgan fingerprint density at radius 3 is 2.84 bits per heavy atom. The van der Waals surface area contributed by atoms with Crippen molar-refractivity contribution >= 4 is 6.03 Å². The molecule has 0 aromatic carbocycles. The monoisotopic (exact) mass is 346 g/mol. The Bertz CT molecular complexity index is 599. The smallest absolute Gasteiger partial charge is 0.317 e. The van der Waals surface area contributed by atoms with Crippen LogP contribution in [0.25, 0.3) is 0 Å². The van der Waals surface area contributed by atoms with Crippen LogP contribution in [0.2, 0.25) is 0 Å². The third kappa shape index (κ3) is 6.05. The highest BCUT2D eigenvalue weighted by atomic mass is 16.5. The van der Waals surface area contributed by atoms with Gasteiger partial charge in [-0.1, -0.05) is 24.6 Å². The number of rotatable bonds is 8. The second-order valence-electron chi connectivity index (χ2n) is 6.68. The molecule has 1 fully saturated rings. The number of carbonyl (C=O) groups excluding carboxylic acids is 1. The molecule has 0 saturated carbocycles. The molecule has 2 rings (SSSR count). The van der Waals surface area contributed by atoms with E-state index < -0.39 is 0 Å². The maximum absolute atomic E-state index is 12.2. The van der Waals surface area contributed by atoms with Gasteiger partial charge in [-0.3, -0.25) is 5.10 Å². The predicted molar refractivity (Wildman–Crippen MR) is 99.4 cm³/mol. The Morgan fingerprint density at radius 2 is 2.24 bits per heavy atom. The Kier molecular flexibility index (Phi) is 7.25. The van der Waals surface area contributed by atoms with Gasteiger partial charge in [0, 0.05) is 24.9 Å². The van der Waals surface area contributed by atoms with E-state index >= 15 is 0 Å². The maximum atomic E-state index is 12.2. The summed E-state index contributed by atoms with van der Waals surface area (Å²) in [4.78, 5) is 14.0. The molecule has 1 aromatic heterocycles. The molecule has 0 unspecified atom stereocenters. The SMILES string of the molecule is CC/C=C(CNC(=O)N1CC(OC(C)C)C1)\C(C)=C/Cc1ccn[nH]1. The van der Waals surface area contributed by atoms with E-state index in [-0.39, 0.29) is 18.2 Å². The summed E-state index contributed by atoms with van der Waals surface area (Å²) in [5.74, 6) is 0. The third-order valence-corrected chi connectivity index (χ3v) is 4.17. The van der Waals surface area contributed by atoms with E-state index in [4.69, 9.17) is 4.74 Å². The molecule has 25 heavy (non-hydrogen) atoms. The standard InChI is InChI=1S/C19H30N4O2/c1-5-6-16(15(4)7-8-17-9-10-21-22-17)11-20-19(24)23-12-18(13-23)25-14(2)3/h6-7,9-10,14,18H,5,8,11-13H2,1-4H3,(H,20,24)(H,21,22)/b15-7-,16-6-. The number of amides is 2. The predicted octanol–water partition coefficient (Wildman–Crippen LogP) is 3.05. The second kappa shape index (κ2) is 9.42. The second-order valence-corrected chi connectivity index (χ2v) is 6.68. The summed E-state index contributed by atoms with van der Waals surface area (Å²) >= 11 is 0. The van der Waals surface area contributed by atoms with Gasteiger partial charge in [0.1, 0.15) is 0 Å². The van der Waals surface area contributed by atoms with Crippen LogP contribution in [0.4, 0.5) is 4.79 Å². The van der Waals surface area contributed by atoms with Crippen molar-refractivity contribution in [1.29, 1.82) is 0 Å². The minimum Gasteiger partial charge on any atom is -0.372 e. The van der Waals surface area contributed by atoms with Crippen molar-refractivity contribution in [2.24, 2.45) is 0 Å². The Balaban J connectivity index is 1.80. The number of likely N-dealkylation sites (tertiary alicyclic amines) is 1. The zero-order chi connectivity index (χ0) is 18.2. The fourth-order valence-corrected chi connectivity index (χ4v) is 2.77. The number of nitrogens with one attached hydrogen (secondary N) is 2. The number of hydrogen-bond acceptors (Lipinski definition) is 3. The quantitative estimate of drug-likeness (QED) is 0.711. The van der Waals surface area contributed by atoms with E-state index in [9.17, 15) is 4.79 Å². The number of aromatic nitrogens is 2. The highest BCUT2D eigenvalue weighted by Crippen LogP contribution is 2.15. The summed E-state index contributed by atoms with van der Waals surface area (Å²) < 4.78 is 5.69. The molecule has 6 heteroatoms. The number of hydrogen-bond donors (Lipinski definition) is 2. The van der Waals surface area contributed by atoms with Gasteiger partial charge >= 0.3 is 6.03 Å². The van der Waals surface area contributed by atoms with Crippen LogP contribution in [-0.4, -0.2) is 53.0 Å². The van der Waals surface area contributed by atoms with E-state index in [1.54, 1.807) is 11.1 Å². The molecule has 138 valence electrons. The van der Waals surface area contributed by atoms with Crippen molar-refractivity contribution in [3.63, 3.8) is 0 Å². The number of ether oxygens (including phenoxy) is 1. The van der Waals surface area contributed by atoms with Crippen molar-refractivity contribution in [2.75, 3.05) is 19.6 Å². The van der Waals surface area contributed by atoms with Crippen molar-refractivity contribution in [3.8, 4) is 0 Å². The lowest BCUT2D eigenvalue weighted by Crippen LogP contribution is -2.58. The number of nitrogens with zero attached hydrogens (tertiary/aromatic N) is 2. The van der Waals surface area contributed by atoms with E-state index in [1.165, 1.54) is 5.57 Å². The normalized spacial score (nSPS) is 16.3. The molecule has 2 heterocycles. The largest absolute Gasteiger partial charge is 0.372 e. The average molecular weight is 346 g/mol. The number of allylic oxidation sites excluding steroid dienone is 2. The number of aromatic amines is 1. The molecule has 1 aromatic rings. The summed E-state index contributed by atoms with van der Waals surface area (Å²) in [5.41, 5.74) is 3.42. The minimum atomic E-state index is -0.0213.